The lowest BCUT2D eigenvalue weighted by atomic mass is 9.84. The molecule has 0 aliphatic carbocycles. The molecule has 3 amide bonds. The van der Waals surface area contributed by atoms with E-state index in [1.807, 2.05) is 24.3 Å². The molecule has 3 N–H and O–H groups in total. The number of nitrogens with zero attached hydrogens (tertiary/aromatic N) is 2. The van der Waals surface area contributed by atoms with E-state index in [9.17, 15) is 45.9 Å². The molecule has 276 valence electrons. The molecule has 0 bridgehead atoms. The first kappa shape index (κ1) is 37.7. The van der Waals surface area contributed by atoms with Gasteiger partial charge in [-0.05, 0) is 45.7 Å². The summed E-state index contributed by atoms with van der Waals surface area (Å²) in [4.78, 5) is 64.1. The SMILES string of the molecule is CC(C)(C)C(NC(=O)c1cc2cc(C(F)(F)P(=O)(O)O)ccc2s1)C(=O)N1Cc2ccccc2C[C@H]1C(=O)N1CCS(=O)(=O)[C@H](c2ccccc2)C1. The lowest BCUT2D eigenvalue weighted by Gasteiger charge is -2.43. The van der Waals surface area contributed by atoms with E-state index in [1.54, 1.807) is 51.1 Å². The zero-order valence-corrected chi connectivity index (χ0v) is 31.1. The summed E-state index contributed by atoms with van der Waals surface area (Å²) in [5.41, 5.74) is -3.92. The predicted molar refractivity (Wildman–Crippen MR) is 193 cm³/mol. The van der Waals surface area contributed by atoms with Crippen LogP contribution in [-0.2, 0) is 42.6 Å². The fraction of sp³-hybridized carbons (Fsp3) is 0.361. The molecule has 1 saturated heterocycles. The minimum atomic E-state index is -5.81. The Hall–Kier alpha value is -4.01. The van der Waals surface area contributed by atoms with Gasteiger partial charge in [-0.3, -0.25) is 18.9 Å². The maximum atomic E-state index is 14.6. The Morgan fingerprint density at radius 3 is 2.27 bits per heavy atom. The van der Waals surface area contributed by atoms with Gasteiger partial charge < -0.3 is 24.9 Å². The molecule has 4 aromatic rings. The molecule has 11 nitrogen and oxygen atoms in total. The van der Waals surface area contributed by atoms with E-state index in [-0.39, 0.29) is 42.1 Å². The van der Waals surface area contributed by atoms with Crippen molar-refractivity contribution in [1.29, 1.82) is 0 Å². The van der Waals surface area contributed by atoms with E-state index in [2.05, 4.69) is 5.32 Å². The van der Waals surface area contributed by atoms with Gasteiger partial charge in [-0.15, -0.1) is 11.3 Å². The fourth-order valence-corrected chi connectivity index (χ4v) is 9.84. The minimum absolute atomic E-state index is 0.0299. The second kappa shape index (κ2) is 13.8. The van der Waals surface area contributed by atoms with Crippen molar-refractivity contribution in [1.82, 2.24) is 15.1 Å². The molecule has 0 spiro atoms. The summed E-state index contributed by atoms with van der Waals surface area (Å²) in [5.74, 6) is -1.83. The van der Waals surface area contributed by atoms with Gasteiger partial charge in [-0.1, -0.05) is 81.4 Å². The van der Waals surface area contributed by atoms with Crippen molar-refractivity contribution in [3.63, 3.8) is 0 Å². The van der Waals surface area contributed by atoms with Crippen LogP contribution in [0.25, 0.3) is 10.1 Å². The zero-order chi connectivity index (χ0) is 37.8. The van der Waals surface area contributed by atoms with Crippen LogP contribution >= 0.6 is 18.9 Å². The highest BCUT2D eigenvalue weighted by molar-refractivity contribution is 7.91. The summed E-state index contributed by atoms with van der Waals surface area (Å²) in [6, 6.07) is 18.4. The molecule has 1 aromatic heterocycles. The van der Waals surface area contributed by atoms with E-state index >= 15 is 0 Å². The van der Waals surface area contributed by atoms with E-state index in [0.29, 0.717) is 10.3 Å². The van der Waals surface area contributed by atoms with Gasteiger partial charge >= 0.3 is 13.3 Å². The number of nitrogens with one attached hydrogen (secondary N) is 1. The molecule has 0 radical (unpaired) electrons. The molecule has 6 rings (SSSR count). The number of carbonyl (C=O) groups is 3. The quantitative estimate of drug-likeness (QED) is 0.216. The smallest absolute Gasteiger partial charge is 0.339 e. The molecular formula is C36H38F2N3O8PS2. The van der Waals surface area contributed by atoms with Crippen molar-refractivity contribution >= 4 is 56.6 Å². The van der Waals surface area contributed by atoms with Crippen LogP contribution in [0.2, 0.25) is 0 Å². The highest BCUT2D eigenvalue weighted by atomic mass is 32.2. The molecule has 1 fully saturated rings. The molecular weight excluding hydrogens is 736 g/mol. The highest BCUT2D eigenvalue weighted by Gasteiger charge is 2.50. The molecule has 16 heteroatoms. The number of amides is 3. The van der Waals surface area contributed by atoms with E-state index in [4.69, 9.17) is 0 Å². The van der Waals surface area contributed by atoms with Gasteiger partial charge in [0.15, 0.2) is 9.84 Å². The third-order valence-corrected chi connectivity index (χ3v) is 13.8. The van der Waals surface area contributed by atoms with Crippen molar-refractivity contribution in [2.75, 3.05) is 18.8 Å². The predicted octanol–water partition coefficient (Wildman–Crippen LogP) is 5.22. The Morgan fingerprint density at radius 2 is 1.62 bits per heavy atom. The Balaban J connectivity index is 1.29. The lowest BCUT2D eigenvalue weighted by molar-refractivity contribution is -0.149. The van der Waals surface area contributed by atoms with Crippen molar-refractivity contribution in [2.45, 2.75) is 56.7 Å². The first-order valence-electron chi connectivity index (χ1n) is 16.5. The summed E-state index contributed by atoms with van der Waals surface area (Å²) < 4.78 is 66.9. The summed E-state index contributed by atoms with van der Waals surface area (Å²) in [6.07, 6.45) is 0.183. The number of sulfone groups is 1. The van der Waals surface area contributed by atoms with Gasteiger partial charge in [0.1, 0.15) is 17.3 Å². The second-order valence-electron chi connectivity index (χ2n) is 14.2. The number of benzene rings is 3. The van der Waals surface area contributed by atoms with Gasteiger partial charge in [-0.2, -0.15) is 8.78 Å². The standard InChI is InChI=1S/C36H38F2N3O8PS2/c1-35(2,3)31(39-32(42)29-19-25-17-26(13-14-28(25)51-29)36(37,38)50(45,46)47)34(44)41-20-24-12-8-7-11-23(24)18-27(41)33(43)40-15-16-52(48,49)30(21-40)22-9-5-4-6-10-22/h4-14,17,19,27,30-31H,15-16,18,20-21H2,1-3H3,(H,39,42)(H2,45,46,47)/t27-,30-,31?/m0/s1. The van der Waals surface area contributed by atoms with Gasteiger partial charge in [0.05, 0.1) is 10.6 Å². The Morgan fingerprint density at radius 1 is 0.962 bits per heavy atom. The van der Waals surface area contributed by atoms with Crippen LogP contribution in [0.15, 0.2) is 78.9 Å². The van der Waals surface area contributed by atoms with Crippen LogP contribution in [0.5, 0.6) is 0 Å². The van der Waals surface area contributed by atoms with Crippen LogP contribution in [0.1, 0.15) is 57.9 Å². The molecule has 2 aliphatic heterocycles. The number of thiophene rings is 1. The Bertz CT molecular complexity index is 2200. The van der Waals surface area contributed by atoms with E-state index in [0.717, 1.165) is 34.6 Å². The highest BCUT2D eigenvalue weighted by Crippen LogP contribution is 2.59. The van der Waals surface area contributed by atoms with Crippen LogP contribution in [0, 0.1) is 5.41 Å². The topological polar surface area (TPSA) is 161 Å². The molecule has 3 aromatic carbocycles. The number of fused-ring (bicyclic) bond motifs is 2. The summed E-state index contributed by atoms with van der Waals surface area (Å²) >= 11 is 0.959. The summed E-state index contributed by atoms with van der Waals surface area (Å²) in [5, 5.41) is 2.05. The van der Waals surface area contributed by atoms with E-state index < -0.39 is 69.1 Å². The maximum absolute atomic E-state index is 14.6. The third kappa shape index (κ3) is 7.29. The van der Waals surface area contributed by atoms with Crippen molar-refractivity contribution < 1.29 is 45.9 Å². The summed E-state index contributed by atoms with van der Waals surface area (Å²) in [7, 11) is -9.36. The average Bonchev–Trinajstić information content (AvgIpc) is 3.52. The van der Waals surface area contributed by atoms with Crippen molar-refractivity contribution in [3.8, 4) is 0 Å². The molecule has 3 heterocycles. The monoisotopic (exact) mass is 773 g/mol. The first-order valence-corrected chi connectivity index (χ1v) is 20.6. The maximum Gasteiger partial charge on any atom is 0.399 e. The van der Waals surface area contributed by atoms with Gasteiger partial charge in [0.2, 0.25) is 11.8 Å². The van der Waals surface area contributed by atoms with Crippen LogP contribution < -0.4 is 5.32 Å². The largest absolute Gasteiger partial charge is 0.399 e. The Kier molecular flexibility index (Phi) is 9.99. The molecule has 1 unspecified atom stereocenters. The molecule has 3 atom stereocenters. The molecule has 52 heavy (non-hydrogen) atoms. The number of halogens is 2. The van der Waals surface area contributed by atoms with Gasteiger partial charge in [0, 0.05) is 36.3 Å². The minimum Gasteiger partial charge on any atom is -0.339 e. The number of rotatable bonds is 7. The zero-order valence-electron chi connectivity index (χ0n) is 28.5. The third-order valence-electron chi connectivity index (χ3n) is 9.61. The van der Waals surface area contributed by atoms with Gasteiger partial charge in [0.25, 0.3) is 5.91 Å². The van der Waals surface area contributed by atoms with Crippen LogP contribution in [0.3, 0.4) is 0 Å². The van der Waals surface area contributed by atoms with Crippen LogP contribution in [0.4, 0.5) is 8.78 Å². The normalized spacial score (nSPS) is 19.9. The lowest BCUT2D eigenvalue weighted by Crippen LogP contribution is -2.61. The van der Waals surface area contributed by atoms with Crippen molar-refractivity contribution in [3.05, 3.63) is 106 Å². The fourth-order valence-electron chi connectivity index (χ4n) is 6.68. The molecule has 2 aliphatic rings. The number of carbonyl (C=O) groups excluding carboxylic acids is 3. The van der Waals surface area contributed by atoms with Gasteiger partial charge in [-0.25, -0.2) is 8.42 Å². The summed E-state index contributed by atoms with van der Waals surface area (Å²) in [6.45, 7) is 5.24. The van der Waals surface area contributed by atoms with Crippen LogP contribution in [-0.4, -0.2) is 76.7 Å². The first-order chi connectivity index (χ1) is 24.3. The number of hydrogen-bond acceptors (Lipinski definition) is 7. The second-order valence-corrected chi connectivity index (χ2v) is 19.3. The number of alkyl halides is 2. The number of hydrogen-bond donors (Lipinski definition) is 3. The van der Waals surface area contributed by atoms with E-state index in [1.165, 1.54) is 21.9 Å². The molecule has 0 saturated carbocycles. The van der Waals surface area contributed by atoms with Crippen molar-refractivity contribution in [2.24, 2.45) is 5.41 Å². The Labute approximate surface area is 303 Å². The average molecular weight is 774 g/mol.